The van der Waals surface area contributed by atoms with E-state index < -0.39 is 0 Å². The molecule has 2 atom stereocenters. The number of nitrogens with one attached hydrogen (secondary N) is 2. The maximum atomic E-state index is 12.6. The third-order valence-corrected chi connectivity index (χ3v) is 6.24. The predicted octanol–water partition coefficient (Wildman–Crippen LogP) is 4.72. The number of carbonyl (C=O) groups is 1. The zero-order chi connectivity index (χ0) is 20.4. The Morgan fingerprint density at radius 2 is 1.72 bits per heavy atom. The lowest BCUT2D eigenvalue weighted by molar-refractivity contribution is -0.129. The molecular weight excluding hydrogens is 360 g/mol. The SMILES string of the molecule is CC(C)(C)C(=O)N[C@H]1CCCC[C@@H]1Nc1cc(N2CCCC2)c2ccccc2n1. The van der Waals surface area contributed by atoms with Crippen LogP contribution in [0.15, 0.2) is 30.3 Å². The Morgan fingerprint density at radius 1 is 1.03 bits per heavy atom. The summed E-state index contributed by atoms with van der Waals surface area (Å²) in [5.74, 6) is 1.05. The van der Waals surface area contributed by atoms with E-state index in [1.807, 2.05) is 20.8 Å². The molecule has 2 heterocycles. The van der Waals surface area contributed by atoms with Crippen LogP contribution in [0.5, 0.6) is 0 Å². The molecule has 2 aromatic rings. The summed E-state index contributed by atoms with van der Waals surface area (Å²) in [5, 5.41) is 8.21. The largest absolute Gasteiger partial charge is 0.371 e. The summed E-state index contributed by atoms with van der Waals surface area (Å²) in [6.07, 6.45) is 6.93. The molecule has 1 saturated carbocycles. The first-order valence-electron chi connectivity index (χ1n) is 11.1. The number of para-hydroxylation sites is 1. The second-order valence-electron chi connectivity index (χ2n) is 9.60. The standard InChI is InChI=1S/C24H34N4O/c1-24(2,3)23(29)27-20-13-7-6-12-19(20)26-22-16-21(28-14-8-9-15-28)17-10-4-5-11-18(17)25-22/h4-5,10-11,16,19-20H,6-9,12-15H2,1-3H3,(H,25,26)(H,27,29)/t19-,20-/m0/s1. The Labute approximate surface area is 174 Å². The van der Waals surface area contributed by atoms with Crippen LogP contribution < -0.4 is 15.5 Å². The molecule has 0 bridgehead atoms. The van der Waals surface area contributed by atoms with Crippen molar-refractivity contribution in [3.63, 3.8) is 0 Å². The second-order valence-corrected chi connectivity index (χ2v) is 9.60. The van der Waals surface area contributed by atoms with Gasteiger partial charge in [-0.1, -0.05) is 51.8 Å². The van der Waals surface area contributed by atoms with Crippen molar-refractivity contribution in [3.05, 3.63) is 30.3 Å². The number of anilines is 2. The van der Waals surface area contributed by atoms with Crippen LogP contribution in [0.4, 0.5) is 11.5 Å². The van der Waals surface area contributed by atoms with Gasteiger partial charge in [-0.3, -0.25) is 4.79 Å². The number of amides is 1. The van der Waals surface area contributed by atoms with Gasteiger partial charge >= 0.3 is 0 Å². The molecule has 4 rings (SSSR count). The summed E-state index contributed by atoms with van der Waals surface area (Å²) in [6, 6.07) is 11.0. The maximum absolute atomic E-state index is 12.6. The van der Waals surface area contributed by atoms with E-state index in [9.17, 15) is 4.79 Å². The highest BCUT2D eigenvalue weighted by Gasteiger charge is 2.30. The van der Waals surface area contributed by atoms with E-state index in [1.165, 1.54) is 30.3 Å². The van der Waals surface area contributed by atoms with Gasteiger partial charge in [-0.2, -0.15) is 0 Å². The van der Waals surface area contributed by atoms with Crippen molar-refractivity contribution < 1.29 is 4.79 Å². The summed E-state index contributed by atoms with van der Waals surface area (Å²) < 4.78 is 0. The smallest absolute Gasteiger partial charge is 0.225 e. The van der Waals surface area contributed by atoms with Crippen LogP contribution in [0.1, 0.15) is 59.3 Å². The van der Waals surface area contributed by atoms with E-state index in [4.69, 9.17) is 4.98 Å². The van der Waals surface area contributed by atoms with Gasteiger partial charge in [0.05, 0.1) is 5.52 Å². The predicted molar refractivity (Wildman–Crippen MR) is 120 cm³/mol. The first-order valence-corrected chi connectivity index (χ1v) is 11.1. The molecule has 156 valence electrons. The zero-order valence-corrected chi connectivity index (χ0v) is 18.0. The Hall–Kier alpha value is -2.30. The highest BCUT2D eigenvalue weighted by Crippen LogP contribution is 2.32. The fourth-order valence-corrected chi connectivity index (χ4v) is 4.50. The molecule has 1 amide bonds. The molecule has 0 spiro atoms. The van der Waals surface area contributed by atoms with Crippen molar-refractivity contribution >= 4 is 28.3 Å². The molecule has 1 aromatic carbocycles. The summed E-state index contributed by atoms with van der Waals surface area (Å²) in [5.41, 5.74) is 1.94. The number of fused-ring (bicyclic) bond motifs is 1. The number of rotatable bonds is 4. The van der Waals surface area contributed by atoms with Crippen LogP contribution in [0.3, 0.4) is 0 Å². The van der Waals surface area contributed by atoms with Crippen LogP contribution in [0, 0.1) is 5.41 Å². The minimum atomic E-state index is -0.369. The number of aromatic nitrogens is 1. The minimum absolute atomic E-state index is 0.125. The minimum Gasteiger partial charge on any atom is -0.371 e. The molecule has 2 fully saturated rings. The highest BCUT2D eigenvalue weighted by atomic mass is 16.2. The molecule has 1 aromatic heterocycles. The number of carbonyl (C=O) groups excluding carboxylic acids is 1. The second kappa shape index (κ2) is 8.21. The molecule has 1 saturated heterocycles. The summed E-state index contributed by atoms with van der Waals surface area (Å²) in [4.78, 5) is 20.0. The van der Waals surface area contributed by atoms with Crippen molar-refractivity contribution in [1.29, 1.82) is 0 Å². The third kappa shape index (κ3) is 4.49. The molecule has 5 heteroatoms. The van der Waals surface area contributed by atoms with Gasteiger partial charge in [0.15, 0.2) is 0 Å². The fourth-order valence-electron chi connectivity index (χ4n) is 4.50. The monoisotopic (exact) mass is 394 g/mol. The first kappa shape index (κ1) is 20.0. The molecule has 0 unspecified atom stereocenters. The molecule has 2 aliphatic rings. The topological polar surface area (TPSA) is 57.3 Å². The van der Waals surface area contributed by atoms with E-state index in [-0.39, 0.29) is 23.4 Å². The van der Waals surface area contributed by atoms with E-state index >= 15 is 0 Å². The van der Waals surface area contributed by atoms with E-state index in [2.05, 4.69) is 45.9 Å². The molecule has 0 radical (unpaired) electrons. The lowest BCUT2D eigenvalue weighted by atomic mass is 9.88. The van der Waals surface area contributed by atoms with Crippen LogP contribution in [-0.4, -0.2) is 36.1 Å². The van der Waals surface area contributed by atoms with Crippen LogP contribution in [0.2, 0.25) is 0 Å². The number of benzene rings is 1. The maximum Gasteiger partial charge on any atom is 0.225 e. The van der Waals surface area contributed by atoms with Gasteiger partial charge in [0, 0.05) is 47.7 Å². The number of hydrogen-bond donors (Lipinski definition) is 2. The summed E-state index contributed by atoms with van der Waals surface area (Å²) in [6.45, 7) is 8.14. The summed E-state index contributed by atoms with van der Waals surface area (Å²) >= 11 is 0. The van der Waals surface area contributed by atoms with Crippen LogP contribution >= 0.6 is 0 Å². The third-order valence-electron chi connectivity index (χ3n) is 6.24. The van der Waals surface area contributed by atoms with Gasteiger partial charge in [-0.05, 0) is 31.7 Å². The fraction of sp³-hybridized carbons (Fsp3) is 0.583. The number of pyridine rings is 1. The van der Waals surface area contributed by atoms with E-state index in [0.717, 1.165) is 43.7 Å². The van der Waals surface area contributed by atoms with Crippen LogP contribution in [0.25, 0.3) is 10.9 Å². The normalized spacial score (nSPS) is 22.7. The quantitative estimate of drug-likeness (QED) is 0.788. The Kier molecular flexibility index (Phi) is 5.66. The molecule has 1 aliphatic carbocycles. The Bertz CT molecular complexity index is 867. The van der Waals surface area contributed by atoms with Gasteiger partial charge < -0.3 is 15.5 Å². The number of hydrogen-bond acceptors (Lipinski definition) is 4. The molecule has 5 nitrogen and oxygen atoms in total. The van der Waals surface area contributed by atoms with Gasteiger partial charge in [0.2, 0.25) is 5.91 Å². The first-order chi connectivity index (χ1) is 13.9. The van der Waals surface area contributed by atoms with Crippen molar-refractivity contribution in [3.8, 4) is 0 Å². The van der Waals surface area contributed by atoms with Gasteiger partial charge in [0.1, 0.15) is 5.82 Å². The molecule has 2 N–H and O–H groups in total. The Balaban J connectivity index is 1.59. The number of nitrogens with zero attached hydrogens (tertiary/aromatic N) is 2. The van der Waals surface area contributed by atoms with Crippen molar-refractivity contribution in [2.24, 2.45) is 5.41 Å². The van der Waals surface area contributed by atoms with Gasteiger partial charge in [-0.15, -0.1) is 0 Å². The average molecular weight is 395 g/mol. The lowest BCUT2D eigenvalue weighted by Crippen LogP contribution is -2.51. The molecule has 1 aliphatic heterocycles. The van der Waals surface area contributed by atoms with E-state index in [0.29, 0.717) is 0 Å². The van der Waals surface area contributed by atoms with Gasteiger partial charge in [-0.25, -0.2) is 4.98 Å². The van der Waals surface area contributed by atoms with Crippen LogP contribution in [-0.2, 0) is 4.79 Å². The molecule has 29 heavy (non-hydrogen) atoms. The molecular formula is C24H34N4O. The highest BCUT2D eigenvalue weighted by molar-refractivity contribution is 5.93. The lowest BCUT2D eigenvalue weighted by Gasteiger charge is -2.35. The van der Waals surface area contributed by atoms with Gasteiger partial charge in [0.25, 0.3) is 0 Å². The van der Waals surface area contributed by atoms with Crippen molar-refractivity contribution in [2.45, 2.75) is 71.4 Å². The Morgan fingerprint density at radius 3 is 2.45 bits per heavy atom. The summed E-state index contributed by atoms with van der Waals surface area (Å²) in [7, 11) is 0. The van der Waals surface area contributed by atoms with Crippen molar-refractivity contribution in [2.75, 3.05) is 23.3 Å². The van der Waals surface area contributed by atoms with Crippen molar-refractivity contribution in [1.82, 2.24) is 10.3 Å². The van der Waals surface area contributed by atoms with E-state index in [1.54, 1.807) is 0 Å². The average Bonchev–Trinajstić information content (AvgIpc) is 3.23. The zero-order valence-electron chi connectivity index (χ0n) is 18.0.